The van der Waals surface area contributed by atoms with Gasteiger partial charge in [-0.05, 0) is 41.5 Å². The number of carbonyl (C=O) groups is 1. The normalized spacial score (nSPS) is 18.7. The first-order valence-electron chi connectivity index (χ1n) is 8.40. The number of likely N-dealkylation sites (N-methyl/N-ethyl adjacent to an activating group) is 1. The highest BCUT2D eigenvalue weighted by molar-refractivity contribution is 6.12. The third kappa shape index (κ3) is 2.12. The van der Waals surface area contributed by atoms with Crippen molar-refractivity contribution in [2.75, 3.05) is 19.1 Å². The van der Waals surface area contributed by atoms with Gasteiger partial charge in [0.25, 0.3) is 0 Å². The van der Waals surface area contributed by atoms with Gasteiger partial charge >= 0.3 is 0 Å². The number of carbonyl (C=O) groups excluding carboxylic acids is 1. The number of aromatic hydroxyl groups is 1. The van der Waals surface area contributed by atoms with Crippen molar-refractivity contribution in [1.29, 1.82) is 0 Å². The van der Waals surface area contributed by atoms with Gasteiger partial charge < -0.3 is 14.7 Å². The molecule has 1 atom stereocenters. The van der Waals surface area contributed by atoms with Crippen LogP contribution in [0.1, 0.15) is 16.7 Å². The Morgan fingerprint density at radius 1 is 0.923 bits per heavy atom. The number of hydrogen-bond donors (Lipinski definition) is 1. The van der Waals surface area contributed by atoms with Gasteiger partial charge in [0.2, 0.25) is 5.91 Å². The number of anilines is 1. The minimum atomic E-state index is -0.979. The van der Waals surface area contributed by atoms with E-state index in [0.717, 1.165) is 22.4 Å². The zero-order valence-electron chi connectivity index (χ0n) is 14.6. The topological polar surface area (TPSA) is 49.8 Å². The number of fused-ring (bicyclic) bond motifs is 1. The Labute approximate surface area is 152 Å². The molecule has 1 amide bonds. The smallest absolute Gasteiger partial charge is 0.246 e. The highest BCUT2D eigenvalue weighted by Crippen LogP contribution is 2.50. The number of ether oxygens (including phenoxy) is 1. The predicted octanol–water partition coefficient (Wildman–Crippen LogP) is 3.71. The van der Waals surface area contributed by atoms with Crippen LogP contribution in [-0.4, -0.2) is 25.2 Å². The Morgan fingerprint density at radius 3 is 2.23 bits per heavy atom. The van der Waals surface area contributed by atoms with Crippen LogP contribution in [-0.2, 0) is 10.2 Å². The Morgan fingerprint density at radius 2 is 1.58 bits per heavy atom. The summed E-state index contributed by atoms with van der Waals surface area (Å²) in [5.41, 5.74) is 2.45. The van der Waals surface area contributed by atoms with Crippen molar-refractivity contribution in [3.63, 3.8) is 0 Å². The molecule has 1 aliphatic rings. The van der Waals surface area contributed by atoms with Gasteiger partial charge in [0, 0.05) is 18.3 Å². The summed E-state index contributed by atoms with van der Waals surface area (Å²) >= 11 is 0. The third-order valence-corrected chi connectivity index (χ3v) is 5.10. The molecule has 4 nitrogen and oxygen atoms in total. The molecule has 1 N–H and O–H groups in total. The SMILES string of the molecule is COc1ccc2c(c1)C(c1ccccc1)(c1ccc(O)cc1)C(=O)N2C. The van der Waals surface area contributed by atoms with Gasteiger partial charge in [-0.25, -0.2) is 0 Å². The Kier molecular flexibility index (Phi) is 3.69. The molecule has 0 saturated carbocycles. The summed E-state index contributed by atoms with van der Waals surface area (Å²) in [5, 5.41) is 9.73. The Bertz CT molecular complexity index is 966. The van der Waals surface area contributed by atoms with Crippen LogP contribution in [0.15, 0.2) is 72.8 Å². The molecule has 3 aromatic carbocycles. The lowest BCUT2D eigenvalue weighted by molar-refractivity contribution is -0.120. The van der Waals surface area contributed by atoms with Gasteiger partial charge in [0.15, 0.2) is 0 Å². The number of phenolic OH excluding ortho intramolecular Hbond substituents is 1. The molecule has 4 heteroatoms. The van der Waals surface area contributed by atoms with E-state index < -0.39 is 5.41 Å². The fraction of sp³-hybridized carbons (Fsp3) is 0.136. The summed E-state index contributed by atoms with van der Waals surface area (Å²) in [4.78, 5) is 15.3. The molecule has 4 rings (SSSR count). The molecule has 0 bridgehead atoms. The average molecular weight is 345 g/mol. The quantitative estimate of drug-likeness (QED) is 0.787. The first-order chi connectivity index (χ1) is 12.6. The van der Waals surface area contributed by atoms with E-state index in [2.05, 4.69) is 0 Å². The van der Waals surface area contributed by atoms with E-state index in [1.165, 1.54) is 0 Å². The molecular formula is C22H19NO3. The summed E-state index contributed by atoms with van der Waals surface area (Å²) in [6.07, 6.45) is 0. The van der Waals surface area contributed by atoms with Gasteiger partial charge in [-0.1, -0.05) is 42.5 Å². The fourth-order valence-corrected chi connectivity index (χ4v) is 3.84. The van der Waals surface area contributed by atoms with Crippen LogP contribution >= 0.6 is 0 Å². The van der Waals surface area contributed by atoms with Crippen LogP contribution in [0.4, 0.5) is 5.69 Å². The van der Waals surface area contributed by atoms with Crippen molar-refractivity contribution in [3.05, 3.63) is 89.5 Å². The molecule has 130 valence electrons. The van der Waals surface area contributed by atoms with Crippen molar-refractivity contribution in [2.45, 2.75) is 5.41 Å². The molecule has 3 aromatic rings. The van der Waals surface area contributed by atoms with E-state index in [0.29, 0.717) is 5.75 Å². The van der Waals surface area contributed by atoms with Crippen LogP contribution in [0.25, 0.3) is 0 Å². The van der Waals surface area contributed by atoms with Crippen molar-refractivity contribution in [3.8, 4) is 11.5 Å². The number of rotatable bonds is 3. The second kappa shape index (κ2) is 5.92. The molecule has 26 heavy (non-hydrogen) atoms. The van der Waals surface area contributed by atoms with E-state index in [9.17, 15) is 9.90 Å². The minimum Gasteiger partial charge on any atom is -0.508 e. The number of amides is 1. The second-order valence-corrected chi connectivity index (χ2v) is 6.41. The van der Waals surface area contributed by atoms with Gasteiger partial charge in [0.05, 0.1) is 7.11 Å². The zero-order chi connectivity index (χ0) is 18.3. The second-order valence-electron chi connectivity index (χ2n) is 6.41. The molecule has 0 aliphatic carbocycles. The maximum absolute atomic E-state index is 13.6. The highest BCUT2D eigenvalue weighted by atomic mass is 16.5. The molecule has 0 saturated heterocycles. The maximum Gasteiger partial charge on any atom is 0.246 e. The summed E-state index contributed by atoms with van der Waals surface area (Å²) < 4.78 is 5.42. The van der Waals surface area contributed by atoms with Gasteiger partial charge in [-0.3, -0.25) is 4.79 Å². The van der Waals surface area contributed by atoms with Crippen molar-refractivity contribution in [1.82, 2.24) is 0 Å². The number of hydrogen-bond acceptors (Lipinski definition) is 3. The lowest BCUT2D eigenvalue weighted by atomic mass is 9.70. The average Bonchev–Trinajstić information content (AvgIpc) is 2.91. The number of methoxy groups -OCH3 is 1. The summed E-state index contributed by atoms with van der Waals surface area (Å²) in [7, 11) is 3.41. The van der Waals surface area contributed by atoms with Crippen molar-refractivity contribution < 1.29 is 14.6 Å². The van der Waals surface area contributed by atoms with Gasteiger partial charge in [-0.2, -0.15) is 0 Å². The van der Waals surface area contributed by atoms with Crippen LogP contribution in [0.5, 0.6) is 11.5 Å². The first kappa shape index (κ1) is 16.2. The van der Waals surface area contributed by atoms with Crippen molar-refractivity contribution >= 4 is 11.6 Å². The molecule has 1 aliphatic heterocycles. The van der Waals surface area contributed by atoms with E-state index >= 15 is 0 Å². The van der Waals surface area contributed by atoms with E-state index in [1.807, 2.05) is 60.7 Å². The summed E-state index contributed by atoms with van der Waals surface area (Å²) in [6, 6.07) is 22.3. The summed E-state index contributed by atoms with van der Waals surface area (Å²) in [6.45, 7) is 0. The molecule has 0 aromatic heterocycles. The van der Waals surface area contributed by atoms with Crippen LogP contribution in [0.3, 0.4) is 0 Å². The van der Waals surface area contributed by atoms with E-state index in [4.69, 9.17) is 4.74 Å². The fourth-order valence-electron chi connectivity index (χ4n) is 3.84. The van der Waals surface area contributed by atoms with Crippen molar-refractivity contribution in [2.24, 2.45) is 0 Å². The predicted molar refractivity (Wildman–Crippen MR) is 101 cm³/mol. The van der Waals surface area contributed by atoms with E-state index in [1.54, 1.807) is 31.2 Å². The monoisotopic (exact) mass is 345 g/mol. The maximum atomic E-state index is 13.6. The lowest BCUT2D eigenvalue weighted by Crippen LogP contribution is -2.40. The third-order valence-electron chi connectivity index (χ3n) is 5.10. The molecule has 1 heterocycles. The molecule has 0 spiro atoms. The molecule has 1 unspecified atom stereocenters. The van der Waals surface area contributed by atoms with Crippen LogP contribution in [0.2, 0.25) is 0 Å². The molecular weight excluding hydrogens is 326 g/mol. The van der Waals surface area contributed by atoms with Crippen LogP contribution in [0, 0.1) is 0 Å². The lowest BCUT2D eigenvalue weighted by Gasteiger charge is -2.30. The molecule has 0 radical (unpaired) electrons. The largest absolute Gasteiger partial charge is 0.508 e. The van der Waals surface area contributed by atoms with Gasteiger partial charge in [0.1, 0.15) is 16.9 Å². The minimum absolute atomic E-state index is 0.0300. The highest BCUT2D eigenvalue weighted by Gasteiger charge is 2.52. The number of benzene rings is 3. The van der Waals surface area contributed by atoms with Crippen LogP contribution < -0.4 is 9.64 Å². The number of nitrogens with zero attached hydrogens (tertiary/aromatic N) is 1. The van der Waals surface area contributed by atoms with Gasteiger partial charge in [-0.15, -0.1) is 0 Å². The molecule has 0 fully saturated rings. The zero-order valence-corrected chi connectivity index (χ0v) is 14.6. The Hall–Kier alpha value is -3.27. The summed E-state index contributed by atoms with van der Waals surface area (Å²) in [5.74, 6) is 0.838. The Balaban J connectivity index is 2.10. The first-order valence-corrected chi connectivity index (χ1v) is 8.40. The van der Waals surface area contributed by atoms with E-state index in [-0.39, 0.29) is 11.7 Å². The standard InChI is InChI=1S/C22H19NO3/c1-23-20-13-12-18(26-2)14-19(20)22(21(23)25,15-6-4-3-5-7-15)16-8-10-17(24)11-9-16/h3-14,24H,1-2H3. The number of phenols is 1.